The van der Waals surface area contributed by atoms with E-state index in [9.17, 15) is 0 Å². The fourth-order valence-electron chi connectivity index (χ4n) is 3.26. The molecule has 1 saturated heterocycles. The summed E-state index contributed by atoms with van der Waals surface area (Å²) in [6.45, 7) is 13.2. The molecular formula is C15H26O2. The second kappa shape index (κ2) is 4.40. The molecule has 2 aliphatic rings. The standard InChI is InChI=1S/C15H26O2/c1-9-7-10(2)13(11(3)8-9)14-16-12(4)15(5,6)17-14/h7,10-14H,8H2,1-6H3/t10-,11-,12-,13-,14-/m1/s1. The van der Waals surface area contributed by atoms with Gasteiger partial charge in [-0.1, -0.05) is 25.5 Å². The lowest BCUT2D eigenvalue weighted by Gasteiger charge is -2.36. The average Bonchev–Trinajstić information content (AvgIpc) is 2.38. The number of ether oxygens (including phenoxy) is 2. The molecule has 0 spiro atoms. The van der Waals surface area contributed by atoms with E-state index in [-0.39, 0.29) is 18.0 Å². The average molecular weight is 238 g/mol. The summed E-state index contributed by atoms with van der Waals surface area (Å²) >= 11 is 0. The van der Waals surface area contributed by atoms with E-state index in [0.717, 1.165) is 0 Å². The Morgan fingerprint density at radius 1 is 1.24 bits per heavy atom. The Labute approximate surface area is 105 Å². The summed E-state index contributed by atoms with van der Waals surface area (Å²) in [5.41, 5.74) is 1.35. The minimum atomic E-state index is -0.152. The van der Waals surface area contributed by atoms with Gasteiger partial charge in [0.2, 0.25) is 0 Å². The van der Waals surface area contributed by atoms with E-state index in [2.05, 4.69) is 47.6 Å². The summed E-state index contributed by atoms with van der Waals surface area (Å²) in [5.74, 6) is 1.67. The highest BCUT2D eigenvalue weighted by Crippen LogP contribution is 2.42. The van der Waals surface area contributed by atoms with Crippen molar-refractivity contribution in [2.24, 2.45) is 17.8 Å². The molecule has 2 rings (SSSR count). The van der Waals surface area contributed by atoms with Crippen LogP contribution in [0.2, 0.25) is 0 Å². The molecule has 2 heteroatoms. The summed E-state index contributed by atoms with van der Waals surface area (Å²) in [7, 11) is 0. The molecular weight excluding hydrogens is 212 g/mol. The van der Waals surface area contributed by atoms with Gasteiger partial charge in [-0.05, 0) is 46.0 Å². The van der Waals surface area contributed by atoms with Crippen LogP contribution in [0.25, 0.3) is 0 Å². The minimum absolute atomic E-state index is 0.0330. The predicted molar refractivity (Wildman–Crippen MR) is 69.7 cm³/mol. The van der Waals surface area contributed by atoms with Gasteiger partial charge in [0.25, 0.3) is 0 Å². The smallest absolute Gasteiger partial charge is 0.162 e. The van der Waals surface area contributed by atoms with Gasteiger partial charge in [-0.2, -0.15) is 0 Å². The molecule has 17 heavy (non-hydrogen) atoms. The predicted octanol–water partition coefficient (Wildman–Crippen LogP) is 3.76. The summed E-state index contributed by atoms with van der Waals surface area (Å²) in [6, 6.07) is 0. The van der Waals surface area contributed by atoms with Crippen LogP contribution in [0.15, 0.2) is 11.6 Å². The van der Waals surface area contributed by atoms with Crippen molar-refractivity contribution in [3.8, 4) is 0 Å². The Balaban J connectivity index is 2.14. The molecule has 0 aromatic carbocycles. The molecule has 5 atom stereocenters. The summed E-state index contributed by atoms with van der Waals surface area (Å²) in [6.07, 6.45) is 3.70. The van der Waals surface area contributed by atoms with E-state index in [1.165, 1.54) is 12.0 Å². The fraction of sp³-hybridized carbons (Fsp3) is 0.867. The number of allylic oxidation sites excluding steroid dienone is 2. The fourth-order valence-corrected chi connectivity index (χ4v) is 3.26. The third kappa shape index (κ3) is 2.43. The van der Waals surface area contributed by atoms with Crippen molar-refractivity contribution in [3.05, 3.63) is 11.6 Å². The first kappa shape index (κ1) is 13.1. The van der Waals surface area contributed by atoms with Crippen molar-refractivity contribution in [2.45, 2.75) is 66.0 Å². The molecule has 0 bridgehead atoms. The van der Waals surface area contributed by atoms with Crippen LogP contribution in [-0.4, -0.2) is 18.0 Å². The molecule has 0 aromatic rings. The molecule has 1 aliphatic heterocycles. The van der Waals surface area contributed by atoms with E-state index >= 15 is 0 Å². The van der Waals surface area contributed by atoms with Crippen LogP contribution in [0, 0.1) is 17.8 Å². The van der Waals surface area contributed by atoms with Gasteiger partial charge in [0.05, 0.1) is 11.7 Å². The maximum atomic E-state index is 6.13. The van der Waals surface area contributed by atoms with Gasteiger partial charge in [0.15, 0.2) is 6.29 Å². The van der Waals surface area contributed by atoms with Gasteiger partial charge < -0.3 is 9.47 Å². The van der Waals surface area contributed by atoms with Crippen molar-refractivity contribution in [2.75, 3.05) is 0 Å². The summed E-state index contributed by atoms with van der Waals surface area (Å²) < 4.78 is 12.2. The van der Waals surface area contributed by atoms with E-state index in [4.69, 9.17) is 9.47 Å². The first-order valence-electron chi connectivity index (χ1n) is 6.82. The Morgan fingerprint density at radius 2 is 1.88 bits per heavy atom. The lowest BCUT2D eigenvalue weighted by atomic mass is 9.74. The summed E-state index contributed by atoms with van der Waals surface area (Å²) in [5, 5.41) is 0. The van der Waals surface area contributed by atoms with Crippen LogP contribution in [0.1, 0.15) is 48.0 Å². The lowest BCUT2D eigenvalue weighted by molar-refractivity contribution is -0.138. The zero-order valence-electron chi connectivity index (χ0n) is 12.0. The molecule has 1 aliphatic carbocycles. The van der Waals surface area contributed by atoms with Crippen LogP contribution < -0.4 is 0 Å². The van der Waals surface area contributed by atoms with E-state index in [1.54, 1.807) is 0 Å². The molecule has 0 saturated carbocycles. The largest absolute Gasteiger partial charge is 0.346 e. The zero-order valence-corrected chi connectivity index (χ0v) is 12.0. The second-order valence-corrected chi connectivity index (χ2v) is 6.50. The van der Waals surface area contributed by atoms with Gasteiger partial charge in [-0.3, -0.25) is 0 Å². The second-order valence-electron chi connectivity index (χ2n) is 6.50. The third-order valence-corrected chi connectivity index (χ3v) is 4.51. The van der Waals surface area contributed by atoms with Crippen LogP contribution >= 0.6 is 0 Å². The van der Waals surface area contributed by atoms with Gasteiger partial charge in [-0.25, -0.2) is 0 Å². The molecule has 0 radical (unpaired) electrons. The Morgan fingerprint density at radius 3 is 2.35 bits per heavy atom. The van der Waals surface area contributed by atoms with Gasteiger partial charge in [0.1, 0.15) is 0 Å². The van der Waals surface area contributed by atoms with E-state index in [0.29, 0.717) is 17.8 Å². The normalized spacial score (nSPS) is 45.8. The molecule has 98 valence electrons. The van der Waals surface area contributed by atoms with Crippen molar-refractivity contribution in [3.63, 3.8) is 0 Å². The molecule has 0 aromatic heterocycles. The number of hydrogen-bond donors (Lipinski definition) is 0. The minimum Gasteiger partial charge on any atom is -0.346 e. The highest BCUT2D eigenvalue weighted by atomic mass is 16.7. The topological polar surface area (TPSA) is 18.5 Å². The van der Waals surface area contributed by atoms with Crippen LogP contribution in [0.5, 0.6) is 0 Å². The highest BCUT2D eigenvalue weighted by molar-refractivity contribution is 5.09. The molecule has 0 N–H and O–H groups in total. The monoisotopic (exact) mass is 238 g/mol. The zero-order chi connectivity index (χ0) is 12.8. The van der Waals surface area contributed by atoms with Gasteiger partial charge in [-0.15, -0.1) is 0 Å². The van der Waals surface area contributed by atoms with Crippen molar-refractivity contribution in [1.29, 1.82) is 0 Å². The van der Waals surface area contributed by atoms with Gasteiger partial charge >= 0.3 is 0 Å². The van der Waals surface area contributed by atoms with E-state index in [1.807, 2.05) is 0 Å². The molecule has 0 unspecified atom stereocenters. The number of rotatable bonds is 1. The number of hydrogen-bond acceptors (Lipinski definition) is 2. The lowest BCUT2D eigenvalue weighted by Crippen LogP contribution is -2.36. The first-order chi connectivity index (χ1) is 7.81. The van der Waals surface area contributed by atoms with Crippen molar-refractivity contribution < 1.29 is 9.47 Å². The summed E-state index contributed by atoms with van der Waals surface area (Å²) in [4.78, 5) is 0. The highest BCUT2D eigenvalue weighted by Gasteiger charge is 2.46. The van der Waals surface area contributed by atoms with Crippen LogP contribution in [0.4, 0.5) is 0 Å². The Kier molecular flexibility index (Phi) is 3.39. The SMILES string of the molecule is CC1=C[C@@H](C)[C@@H]([C@@H]2O[C@H](C)C(C)(C)O2)[C@H](C)C1. The van der Waals surface area contributed by atoms with Crippen LogP contribution in [0.3, 0.4) is 0 Å². The Bertz CT molecular complexity index is 319. The van der Waals surface area contributed by atoms with Crippen LogP contribution in [-0.2, 0) is 9.47 Å². The molecule has 1 fully saturated rings. The van der Waals surface area contributed by atoms with Crippen molar-refractivity contribution >= 4 is 0 Å². The quantitative estimate of drug-likeness (QED) is 0.647. The molecule has 2 nitrogen and oxygen atoms in total. The first-order valence-corrected chi connectivity index (χ1v) is 6.82. The molecule has 0 amide bonds. The maximum Gasteiger partial charge on any atom is 0.162 e. The van der Waals surface area contributed by atoms with Crippen molar-refractivity contribution in [1.82, 2.24) is 0 Å². The third-order valence-electron chi connectivity index (χ3n) is 4.51. The Hall–Kier alpha value is -0.340. The van der Waals surface area contributed by atoms with Gasteiger partial charge in [0, 0.05) is 5.92 Å². The van der Waals surface area contributed by atoms with E-state index < -0.39 is 0 Å². The molecule has 1 heterocycles. The maximum absolute atomic E-state index is 6.13.